The Morgan fingerprint density at radius 1 is 1.24 bits per heavy atom. The first-order valence-corrected chi connectivity index (χ1v) is 11.2. The molecule has 0 atom stereocenters. The minimum absolute atomic E-state index is 0.0927. The van der Waals surface area contributed by atoms with Gasteiger partial charge >= 0.3 is 0 Å². The number of ether oxygens (including phenoxy) is 1. The largest absolute Gasteiger partial charge is 0.497 e. The standard InChI is InChI=1S/C21H22N4O2S2/c1-27-17-9-10-18-16(12-17)8-5-11-25(18)19(26)14-28-21-24-23-20(29-21)22-13-15-6-3-2-4-7-15/h2-4,6-7,9-10,12H,5,8,11,13-14H2,1H3,(H,22,23). The quantitative estimate of drug-likeness (QED) is 0.570. The van der Waals surface area contributed by atoms with Crippen LogP contribution in [0, 0.1) is 0 Å². The van der Waals surface area contributed by atoms with Crippen LogP contribution in [0.1, 0.15) is 17.5 Å². The molecule has 8 heteroatoms. The van der Waals surface area contributed by atoms with Crippen molar-refractivity contribution in [1.29, 1.82) is 0 Å². The van der Waals surface area contributed by atoms with Crippen LogP contribution in [0.3, 0.4) is 0 Å². The van der Waals surface area contributed by atoms with Crippen molar-refractivity contribution in [1.82, 2.24) is 10.2 Å². The Hall–Kier alpha value is -2.58. The van der Waals surface area contributed by atoms with Crippen molar-refractivity contribution in [2.24, 2.45) is 0 Å². The summed E-state index contributed by atoms with van der Waals surface area (Å²) in [5.74, 6) is 1.27. The van der Waals surface area contributed by atoms with Crippen LogP contribution in [-0.2, 0) is 17.8 Å². The van der Waals surface area contributed by atoms with Gasteiger partial charge in [0.1, 0.15) is 5.75 Å². The van der Waals surface area contributed by atoms with Gasteiger partial charge in [-0.05, 0) is 42.2 Å². The summed E-state index contributed by atoms with van der Waals surface area (Å²) in [6, 6.07) is 16.1. The number of methoxy groups -OCH3 is 1. The Morgan fingerprint density at radius 2 is 2.10 bits per heavy atom. The van der Waals surface area contributed by atoms with Crippen molar-refractivity contribution in [2.75, 3.05) is 29.6 Å². The summed E-state index contributed by atoms with van der Waals surface area (Å²) in [4.78, 5) is 14.7. The topological polar surface area (TPSA) is 67.3 Å². The van der Waals surface area contributed by atoms with E-state index in [1.807, 2.05) is 41.3 Å². The molecule has 0 saturated heterocycles. The van der Waals surface area contributed by atoms with E-state index >= 15 is 0 Å². The number of carbonyl (C=O) groups is 1. The molecule has 0 spiro atoms. The highest BCUT2D eigenvalue weighted by Gasteiger charge is 2.23. The summed E-state index contributed by atoms with van der Waals surface area (Å²) >= 11 is 2.91. The molecule has 0 radical (unpaired) electrons. The van der Waals surface area contributed by atoms with Gasteiger partial charge in [-0.2, -0.15) is 0 Å². The Labute approximate surface area is 178 Å². The highest BCUT2D eigenvalue weighted by atomic mass is 32.2. The fourth-order valence-corrected chi connectivity index (χ4v) is 4.90. The van der Waals surface area contributed by atoms with E-state index in [0.29, 0.717) is 12.3 Å². The summed E-state index contributed by atoms with van der Waals surface area (Å²) in [6.07, 6.45) is 1.93. The van der Waals surface area contributed by atoms with Crippen molar-refractivity contribution >= 4 is 39.8 Å². The Balaban J connectivity index is 1.33. The molecule has 3 aromatic rings. The third-order valence-electron chi connectivity index (χ3n) is 4.72. The number of aromatic nitrogens is 2. The Morgan fingerprint density at radius 3 is 2.93 bits per heavy atom. The zero-order valence-corrected chi connectivity index (χ0v) is 17.8. The molecule has 1 N–H and O–H groups in total. The molecule has 150 valence electrons. The molecule has 0 fully saturated rings. The average Bonchev–Trinajstić information content (AvgIpc) is 3.24. The lowest BCUT2D eigenvalue weighted by Gasteiger charge is -2.29. The van der Waals surface area contributed by atoms with Gasteiger partial charge in [-0.15, -0.1) is 10.2 Å². The van der Waals surface area contributed by atoms with Crippen molar-refractivity contribution in [2.45, 2.75) is 23.7 Å². The minimum atomic E-state index is 0.0927. The van der Waals surface area contributed by atoms with Crippen LogP contribution >= 0.6 is 23.1 Å². The van der Waals surface area contributed by atoms with Gasteiger partial charge in [-0.3, -0.25) is 4.79 Å². The van der Waals surface area contributed by atoms with Gasteiger partial charge in [0.15, 0.2) is 4.34 Å². The zero-order chi connectivity index (χ0) is 20.1. The molecule has 4 rings (SSSR count). The Bertz CT molecular complexity index is 978. The maximum absolute atomic E-state index is 12.8. The number of hydrogen-bond acceptors (Lipinski definition) is 7. The van der Waals surface area contributed by atoms with Crippen molar-refractivity contribution < 1.29 is 9.53 Å². The number of nitrogens with one attached hydrogen (secondary N) is 1. The average molecular weight is 427 g/mol. The molecule has 0 saturated carbocycles. The van der Waals surface area contributed by atoms with Gasteiger partial charge in [-0.25, -0.2) is 0 Å². The summed E-state index contributed by atoms with van der Waals surface area (Å²) in [5, 5.41) is 12.4. The van der Waals surface area contributed by atoms with Crippen molar-refractivity contribution in [3.63, 3.8) is 0 Å². The lowest BCUT2D eigenvalue weighted by Crippen LogP contribution is -2.36. The van der Waals surface area contributed by atoms with E-state index in [4.69, 9.17) is 4.74 Å². The number of aryl methyl sites for hydroxylation is 1. The van der Waals surface area contributed by atoms with E-state index in [0.717, 1.165) is 45.9 Å². The minimum Gasteiger partial charge on any atom is -0.497 e. The molecule has 6 nitrogen and oxygen atoms in total. The van der Waals surface area contributed by atoms with Crippen LogP contribution < -0.4 is 15.0 Å². The number of fused-ring (bicyclic) bond motifs is 1. The molecule has 1 aliphatic rings. The van der Waals surface area contributed by atoms with Gasteiger partial charge in [0.25, 0.3) is 0 Å². The normalized spacial score (nSPS) is 13.1. The SMILES string of the molecule is COc1ccc2c(c1)CCCN2C(=O)CSc1nnc(NCc2ccccc2)s1. The van der Waals surface area contributed by atoms with Gasteiger partial charge < -0.3 is 15.0 Å². The zero-order valence-electron chi connectivity index (χ0n) is 16.1. The fourth-order valence-electron chi connectivity index (χ4n) is 3.27. The molecule has 1 amide bonds. The lowest BCUT2D eigenvalue weighted by molar-refractivity contribution is -0.116. The number of benzene rings is 2. The number of thioether (sulfide) groups is 1. The van der Waals surface area contributed by atoms with E-state index in [2.05, 4.69) is 27.6 Å². The second kappa shape index (κ2) is 9.28. The Kier molecular flexibility index (Phi) is 6.31. The number of carbonyl (C=O) groups excluding carboxylic acids is 1. The maximum atomic E-state index is 12.8. The fraction of sp³-hybridized carbons (Fsp3) is 0.286. The summed E-state index contributed by atoms with van der Waals surface area (Å²) in [7, 11) is 1.66. The highest BCUT2D eigenvalue weighted by molar-refractivity contribution is 8.01. The second-order valence-electron chi connectivity index (χ2n) is 6.64. The smallest absolute Gasteiger partial charge is 0.237 e. The predicted molar refractivity (Wildman–Crippen MR) is 118 cm³/mol. The first-order chi connectivity index (χ1) is 14.2. The number of anilines is 2. The van der Waals surface area contributed by atoms with Crippen LogP contribution in [0.5, 0.6) is 5.75 Å². The molecule has 1 aliphatic heterocycles. The predicted octanol–water partition coefficient (Wildman–Crippen LogP) is 4.23. The van der Waals surface area contributed by atoms with Gasteiger partial charge in [0.05, 0.1) is 12.9 Å². The number of rotatable bonds is 7. The summed E-state index contributed by atoms with van der Waals surface area (Å²) < 4.78 is 6.10. The first-order valence-electron chi connectivity index (χ1n) is 9.44. The highest BCUT2D eigenvalue weighted by Crippen LogP contribution is 2.32. The van der Waals surface area contributed by atoms with E-state index in [9.17, 15) is 4.79 Å². The van der Waals surface area contributed by atoms with Crippen LogP contribution in [0.15, 0.2) is 52.9 Å². The number of nitrogens with zero attached hydrogens (tertiary/aromatic N) is 3. The molecule has 2 aromatic carbocycles. The number of hydrogen-bond donors (Lipinski definition) is 1. The molecular weight excluding hydrogens is 404 g/mol. The van der Waals surface area contributed by atoms with Gasteiger partial charge in [-0.1, -0.05) is 53.4 Å². The van der Waals surface area contributed by atoms with Gasteiger partial charge in [0, 0.05) is 18.8 Å². The molecular formula is C21H22N4O2S2. The maximum Gasteiger partial charge on any atom is 0.237 e. The molecule has 0 aliphatic carbocycles. The lowest BCUT2D eigenvalue weighted by atomic mass is 10.0. The first kappa shape index (κ1) is 19.7. The number of amides is 1. The van der Waals surface area contributed by atoms with E-state index in [-0.39, 0.29) is 5.91 Å². The van der Waals surface area contributed by atoms with E-state index in [1.165, 1.54) is 28.7 Å². The summed E-state index contributed by atoms with van der Waals surface area (Å²) in [5.41, 5.74) is 3.34. The van der Waals surface area contributed by atoms with Crippen LogP contribution in [0.2, 0.25) is 0 Å². The molecule has 1 aromatic heterocycles. The van der Waals surface area contributed by atoms with Crippen LogP contribution in [0.25, 0.3) is 0 Å². The van der Waals surface area contributed by atoms with Crippen LogP contribution in [-0.4, -0.2) is 35.5 Å². The molecule has 0 bridgehead atoms. The molecule has 0 unspecified atom stereocenters. The third-order valence-corrected chi connectivity index (χ3v) is 6.72. The van der Waals surface area contributed by atoms with E-state index < -0.39 is 0 Å². The van der Waals surface area contributed by atoms with Crippen molar-refractivity contribution in [3.8, 4) is 5.75 Å². The third kappa shape index (κ3) is 4.89. The van der Waals surface area contributed by atoms with Gasteiger partial charge in [0.2, 0.25) is 11.0 Å². The molecule has 2 heterocycles. The summed E-state index contributed by atoms with van der Waals surface area (Å²) in [6.45, 7) is 1.45. The second-order valence-corrected chi connectivity index (χ2v) is 8.84. The van der Waals surface area contributed by atoms with E-state index in [1.54, 1.807) is 7.11 Å². The molecule has 29 heavy (non-hydrogen) atoms. The van der Waals surface area contributed by atoms with Crippen LogP contribution in [0.4, 0.5) is 10.8 Å². The monoisotopic (exact) mass is 426 g/mol. The van der Waals surface area contributed by atoms with Crippen molar-refractivity contribution in [3.05, 3.63) is 59.7 Å².